The number of hydrogen-bond acceptors (Lipinski definition) is 7. The Balaban J connectivity index is 2.12. The van der Waals surface area contributed by atoms with Gasteiger partial charge in [0.15, 0.2) is 0 Å². The van der Waals surface area contributed by atoms with Gasteiger partial charge < -0.3 is 10.4 Å². The van der Waals surface area contributed by atoms with Crippen LogP contribution in [-0.4, -0.2) is 31.7 Å². The lowest BCUT2D eigenvalue weighted by molar-refractivity contribution is -0.384. The van der Waals surface area contributed by atoms with Crippen LogP contribution in [0.4, 0.5) is 5.69 Å². The maximum absolute atomic E-state index is 11.4. The normalized spacial score (nSPS) is 21.5. The van der Waals surface area contributed by atoms with Crippen molar-refractivity contribution in [1.82, 2.24) is 4.98 Å². The van der Waals surface area contributed by atoms with Crippen molar-refractivity contribution < 1.29 is 15.3 Å². The van der Waals surface area contributed by atoms with Crippen LogP contribution in [-0.2, 0) is 12.8 Å². The smallest absolute Gasteiger partial charge is 0.270 e. The number of oxime groups is 2. The van der Waals surface area contributed by atoms with Gasteiger partial charge in [0.2, 0.25) is 0 Å². The first-order chi connectivity index (χ1) is 14.5. The van der Waals surface area contributed by atoms with Crippen molar-refractivity contribution in [2.75, 3.05) is 0 Å². The van der Waals surface area contributed by atoms with Gasteiger partial charge in [-0.05, 0) is 42.1 Å². The van der Waals surface area contributed by atoms with E-state index in [2.05, 4.69) is 38.0 Å². The predicted molar refractivity (Wildman–Crippen MR) is 117 cm³/mol. The molecule has 2 aromatic rings. The second kappa shape index (κ2) is 7.14. The quantitative estimate of drug-likeness (QED) is 0.402. The van der Waals surface area contributed by atoms with E-state index in [4.69, 9.17) is 4.98 Å². The number of nitro benzene ring substituents is 1. The highest BCUT2D eigenvalue weighted by molar-refractivity contribution is 6.15. The Labute approximate surface area is 180 Å². The van der Waals surface area contributed by atoms with Gasteiger partial charge in [0.05, 0.1) is 27.7 Å². The zero-order chi connectivity index (χ0) is 22.6. The monoisotopic (exact) mass is 422 g/mol. The maximum Gasteiger partial charge on any atom is 0.270 e. The number of non-ortho nitro benzene ring substituents is 1. The fourth-order valence-corrected chi connectivity index (χ4v) is 4.92. The summed E-state index contributed by atoms with van der Waals surface area (Å²) < 4.78 is 0. The van der Waals surface area contributed by atoms with Gasteiger partial charge in [-0.3, -0.25) is 15.1 Å². The number of fused-ring (bicyclic) bond motifs is 2. The minimum absolute atomic E-state index is 0.0333. The van der Waals surface area contributed by atoms with Crippen molar-refractivity contribution in [2.24, 2.45) is 21.1 Å². The van der Waals surface area contributed by atoms with E-state index in [1.807, 2.05) is 0 Å². The summed E-state index contributed by atoms with van der Waals surface area (Å²) >= 11 is 0. The van der Waals surface area contributed by atoms with Gasteiger partial charge in [0.1, 0.15) is 0 Å². The average Bonchev–Trinajstić information content (AvgIpc) is 2.69. The molecule has 0 fully saturated rings. The van der Waals surface area contributed by atoms with Crippen LogP contribution in [0.25, 0.3) is 11.1 Å². The van der Waals surface area contributed by atoms with Crippen LogP contribution in [0.15, 0.2) is 34.6 Å². The van der Waals surface area contributed by atoms with Crippen LogP contribution >= 0.6 is 0 Å². The fraction of sp³-hybridized carbons (Fsp3) is 0.435. The first kappa shape index (κ1) is 21.0. The summed E-state index contributed by atoms with van der Waals surface area (Å²) in [7, 11) is 0. The third-order valence-electron chi connectivity index (χ3n) is 6.10. The van der Waals surface area contributed by atoms with Crippen molar-refractivity contribution in [3.05, 3.63) is 56.9 Å². The molecule has 2 aliphatic rings. The largest absolute Gasteiger partial charge is 0.411 e. The van der Waals surface area contributed by atoms with Crippen LogP contribution in [0.1, 0.15) is 63.1 Å². The molecular weight excluding hydrogens is 396 g/mol. The predicted octanol–water partition coefficient (Wildman–Crippen LogP) is 4.96. The van der Waals surface area contributed by atoms with Crippen molar-refractivity contribution in [2.45, 2.75) is 53.4 Å². The van der Waals surface area contributed by atoms with Gasteiger partial charge in [0, 0.05) is 28.8 Å². The van der Waals surface area contributed by atoms with Crippen LogP contribution in [0, 0.1) is 20.9 Å². The molecule has 162 valence electrons. The summed E-state index contributed by atoms with van der Waals surface area (Å²) in [5.41, 5.74) is 4.94. The van der Waals surface area contributed by atoms with E-state index in [-0.39, 0.29) is 16.5 Å². The highest BCUT2D eigenvalue weighted by Gasteiger charge is 2.39. The van der Waals surface area contributed by atoms with Gasteiger partial charge in [-0.2, -0.15) is 0 Å². The number of hydrogen-bond donors (Lipinski definition) is 2. The van der Waals surface area contributed by atoms with Gasteiger partial charge >= 0.3 is 0 Å². The molecule has 0 saturated heterocycles. The molecule has 1 heterocycles. The minimum atomic E-state index is -0.433. The molecule has 0 saturated carbocycles. The van der Waals surface area contributed by atoms with Crippen molar-refractivity contribution in [1.29, 1.82) is 0 Å². The second-order valence-corrected chi connectivity index (χ2v) is 10.1. The first-order valence-corrected chi connectivity index (χ1v) is 10.3. The molecule has 2 aliphatic carbocycles. The van der Waals surface area contributed by atoms with Crippen molar-refractivity contribution in [3.8, 4) is 11.1 Å². The Morgan fingerprint density at radius 2 is 1.42 bits per heavy atom. The molecular formula is C23H26N4O4. The van der Waals surface area contributed by atoms with Crippen molar-refractivity contribution in [3.63, 3.8) is 0 Å². The van der Waals surface area contributed by atoms with Crippen molar-refractivity contribution >= 4 is 17.1 Å². The SMILES string of the molecule is CC1(C)C/C(=N\O)c2c(nc3c(c2-c2cccc([N+](=O)[O-])c2)/C(=N/O)CC(C)(C)C3)C1. The van der Waals surface area contributed by atoms with Crippen LogP contribution in [0.3, 0.4) is 0 Å². The lowest BCUT2D eigenvalue weighted by Crippen LogP contribution is -2.34. The van der Waals surface area contributed by atoms with Gasteiger partial charge in [-0.15, -0.1) is 0 Å². The molecule has 0 bridgehead atoms. The van der Waals surface area contributed by atoms with E-state index >= 15 is 0 Å². The molecule has 0 spiro atoms. The number of nitrogens with zero attached hydrogens (tertiary/aromatic N) is 4. The van der Waals surface area contributed by atoms with Gasteiger partial charge in [-0.1, -0.05) is 50.1 Å². The van der Waals surface area contributed by atoms with E-state index in [0.29, 0.717) is 59.4 Å². The number of pyridine rings is 1. The Bertz CT molecular complexity index is 1090. The molecule has 1 aromatic carbocycles. The van der Waals surface area contributed by atoms with Crippen LogP contribution in [0.5, 0.6) is 0 Å². The molecule has 0 amide bonds. The van der Waals surface area contributed by atoms with E-state index in [9.17, 15) is 20.5 Å². The number of benzene rings is 1. The first-order valence-electron chi connectivity index (χ1n) is 10.3. The topological polar surface area (TPSA) is 121 Å². The maximum atomic E-state index is 11.4. The van der Waals surface area contributed by atoms with E-state index in [1.165, 1.54) is 12.1 Å². The molecule has 31 heavy (non-hydrogen) atoms. The van der Waals surface area contributed by atoms with Gasteiger partial charge in [-0.25, -0.2) is 0 Å². The fourth-order valence-electron chi connectivity index (χ4n) is 4.92. The van der Waals surface area contributed by atoms with Crippen LogP contribution in [0.2, 0.25) is 0 Å². The standard InChI is InChI=1S/C23H26N4O4/c1-22(2)9-15-20(17(11-22)25-28)19(13-6-5-7-14(8-13)27(30)31)21-16(24-15)10-23(3,4)12-18(21)26-29/h5-8,28-29H,9-12H2,1-4H3/b25-17+,26-18+. The third-order valence-corrected chi connectivity index (χ3v) is 6.10. The molecule has 0 aliphatic heterocycles. The average molecular weight is 422 g/mol. The van der Waals surface area contributed by atoms with Crippen LogP contribution < -0.4 is 0 Å². The summed E-state index contributed by atoms with van der Waals surface area (Å²) in [5.74, 6) is 0. The van der Waals surface area contributed by atoms with E-state index in [0.717, 1.165) is 11.4 Å². The lowest BCUT2D eigenvalue weighted by atomic mass is 9.69. The zero-order valence-corrected chi connectivity index (χ0v) is 18.1. The number of nitro groups is 1. The Kier molecular flexibility index (Phi) is 4.83. The molecule has 4 rings (SSSR count). The van der Waals surface area contributed by atoms with E-state index < -0.39 is 4.92 Å². The Morgan fingerprint density at radius 1 is 0.903 bits per heavy atom. The summed E-state index contributed by atoms with van der Waals surface area (Å²) in [6.07, 6.45) is 2.44. The summed E-state index contributed by atoms with van der Waals surface area (Å²) in [5, 5.41) is 38.4. The molecule has 2 N–H and O–H groups in total. The second-order valence-electron chi connectivity index (χ2n) is 10.1. The zero-order valence-electron chi connectivity index (χ0n) is 18.1. The molecule has 0 unspecified atom stereocenters. The number of rotatable bonds is 2. The lowest BCUT2D eigenvalue weighted by Gasteiger charge is -2.37. The summed E-state index contributed by atoms with van der Waals surface area (Å²) in [6, 6.07) is 6.39. The summed E-state index contributed by atoms with van der Waals surface area (Å²) in [6.45, 7) is 8.39. The number of aromatic nitrogens is 1. The molecule has 8 heteroatoms. The third kappa shape index (κ3) is 3.66. The Hall–Kier alpha value is -3.29. The highest BCUT2D eigenvalue weighted by Crippen LogP contribution is 2.45. The molecule has 8 nitrogen and oxygen atoms in total. The molecule has 0 atom stereocenters. The van der Waals surface area contributed by atoms with Gasteiger partial charge in [0.25, 0.3) is 5.69 Å². The Morgan fingerprint density at radius 3 is 1.87 bits per heavy atom. The minimum Gasteiger partial charge on any atom is -0.411 e. The molecule has 1 aromatic heterocycles. The van der Waals surface area contributed by atoms with E-state index in [1.54, 1.807) is 12.1 Å². The summed E-state index contributed by atoms with van der Waals surface area (Å²) in [4.78, 5) is 16.0. The highest BCUT2D eigenvalue weighted by atomic mass is 16.6. The molecule has 0 radical (unpaired) electrons.